The minimum atomic E-state index is 0.291. The van der Waals surface area contributed by atoms with Gasteiger partial charge in [-0.3, -0.25) is 4.68 Å². The third-order valence-corrected chi connectivity index (χ3v) is 3.24. The van der Waals surface area contributed by atoms with Crippen LogP contribution in [0.5, 0.6) is 5.75 Å². The van der Waals surface area contributed by atoms with E-state index in [9.17, 15) is 0 Å². The van der Waals surface area contributed by atoms with Crippen LogP contribution in [0.4, 0.5) is 0 Å². The molecule has 0 unspecified atom stereocenters. The maximum absolute atomic E-state index is 5.55. The van der Waals surface area contributed by atoms with E-state index in [2.05, 4.69) is 29.5 Å². The lowest BCUT2D eigenvalue weighted by Gasteiger charge is -2.10. The average Bonchev–Trinajstić information content (AvgIpc) is 2.86. The highest BCUT2D eigenvalue weighted by Crippen LogP contribution is 2.17. The van der Waals surface area contributed by atoms with Crippen molar-refractivity contribution in [2.75, 3.05) is 6.61 Å². The number of ether oxygens (including phenoxy) is 1. The van der Waals surface area contributed by atoms with Crippen molar-refractivity contribution in [3.63, 3.8) is 0 Å². The van der Waals surface area contributed by atoms with E-state index in [0.29, 0.717) is 6.61 Å². The SMILES string of the molecule is C#CCOc1ccccc1CNCc1cn(C)nc1CC. The standard InChI is InChI=1S/C17H21N3O/c1-4-10-21-17-9-7-6-8-14(17)11-18-12-15-13-20(3)19-16(15)5-2/h1,6-9,13,18H,5,10-12H2,2-3H3. The number of aryl methyl sites for hydroxylation is 2. The van der Waals surface area contributed by atoms with Gasteiger partial charge < -0.3 is 10.1 Å². The summed E-state index contributed by atoms with van der Waals surface area (Å²) in [4.78, 5) is 0. The number of para-hydroxylation sites is 1. The number of nitrogens with one attached hydrogen (secondary N) is 1. The highest BCUT2D eigenvalue weighted by molar-refractivity contribution is 5.33. The topological polar surface area (TPSA) is 39.1 Å². The van der Waals surface area contributed by atoms with Gasteiger partial charge >= 0.3 is 0 Å². The number of hydrogen-bond acceptors (Lipinski definition) is 3. The molecule has 1 heterocycles. The number of nitrogens with zero attached hydrogens (tertiary/aromatic N) is 2. The molecular weight excluding hydrogens is 262 g/mol. The molecule has 1 aromatic heterocycles. The summed E-state index contributed by atoms with van der Waals surface area (Å²) in [6.07, 6.45) is 8.24. The van der Waals surface area contributed by atoms with Gasteiger partial charge in [0, 0.05) is 37.5 Å². The molecule has 1 aromatic carbocycles. The third kappa shape index (κ3) is 4.11. The minimum absolute atomic E-state index is 0.291. The zero-order valence-corrected chi connectivity index (χ0v) is 12.6. The molecule has 0 saturated carbocycles. The quantitative estimate of drug-likeness (QED) is 0.792. The first-order valence-corrected chi connectivity index (χ1v) is 7.10. The number of benzene rings is 1. The van der Waals surface area contributed by atoms with Crippen LogP contribution in [0.1, 0.15) is 23.7 Å². The molecule has 0 radical (unpaired) electrons. The number of hydrogen-bond donors (Lipinski definition) is 1. The molecule has 0 spiro atoms. The van der Waals surface area contributed by atoms with Gasteiger partial charge in [-0.15, -0.1) is 6.42 Å². The minimum Gasteiger partial charge on any atom is -0.481 e. The van der Waals surface area contributed by atoms with E-state index in [-0.39, 0.29) is 0 Å². The summed E-state index contributed by atoms with van der Waals surface area (Å²) in [5.74, 6) is 3.33. The molecule has 4 heteroatoms. The first-order chi connectivity index (χ1) is 10.2. The van der Waals surface area contributed by atoms with Crippen molar-refractivity contribution in [2.45, 2.75) is 26.4 Å². The Kier molecular flexibility index (Phi) is 5.42. The molecular formula is C17H21N3O. The summed E-state index contributed by atoms with van der Waals surface area (Å²) in [6.45, 7) is 3.94. The maximum atomic E-state index is 5.55. The van der Waals surface area contributed by atoms with Gasteiger partial charge in [-0.1, -0.05) is 31.0 Å². The fourth-order valence-electron chi connectivity index (χ4n) is 2.27. The fraction of sp³-hybridized carbons (Fsp3) is 0.353. The summed E-state index contributed by atoms with van der Waals surface area (Å²) in [7, 11) is 1.95. The summed E-state index contributed by atoms with van der Waals surface area (Å²) in [6, 6.07) is 7.94. The van der Waals surface area contributed by atoms with Crippen LogP contribution in [0.15, 0.2) is 30.5 Å². The monoisotopic (exact) mass is 283 g/mol. The average molecular weight is 283 g/mol. The first-order valence-electron chi connectivity index (χ1n) is 7.10. The van der Waals surface area contributed by atoms with Crippen LogP contribution >= 0.6 is 0 Å². The highest BCUT2D eigenvalue weighted by Gasteiger charge is 2.06. The van der Waals surface area contributed by atoms with Crippen molar-refractivity contribution in [1.82, 2.24) is 15.1 Å². The molecule has 0 bridgehead atoms. The van der Waals surface area contributed by atoms with Gasteiger partial charge in [-0.2, -0.15) is 5.10 Å². The molecule has 0 fully saturated rings. The van der Waals surface area contributed by atoms with Gasteiger partial charge in [0.1, 0.15) is 12.4 Å². The number of aromatic nitrogens is 2. The second-order valence-electron chi connectivity index (χ2n) is 4.83. The van der Waals surface area contributed by atoms with Gasteiger partial charge in [-0.25, -0.2) is 0 Å². The zero-order chi connectivity index (χ0) is 15.1. The van der Waals surface area contributed by atoms with Gasteiger partial charge in [0.2, 0.25) is 0 Å². The summed E-state index contributed by atoms with van der Waals surface area (Å²) in [5.41, 5.74) is 3.48. The van der Waals surface area contributed by atoms with E-state index in [1.807, 2.05) is 36.0 Å². The van der Waals surface area contributed by atoms with Crippen LogP contribution < -0.4 is 10.1 Å². The molecule has 110 valence electrons. The van der Waals surface area contributed by atoms with Crippen molar-refractivity contribution < 1.29 is 4.74 Å². The van der Waals surface area contributed by atoms with Gasteiger partial charge in [-0.05, 0) is 12.5 Å². The molecule has 0 amide bonds. The molecule has 0 aliphatic rings. The van der Waals surface area contributed by atoms with Crippen LogP contribution in [-0.2, 0) is 26.6 Å². The summed E-state index contributed by atoms with van der Waals surface area (Å²) in [5, 5.41) is 7.88. The predicted octanol–water partition coefficient (Wildman–Crippen LogP) is 2.28. The van der Waals surface area contributed by atoms with Gasteiger partial charge in [0.15, 0.2) is 0 Å². The number of terminal acetylenes is 1. The van der Waals surface area contributed by atoms with E-state index >= 15 is 0 Å². The normalized spacial score (nSPS) is 10.3. The van der Waals surface area contributed by atoms with E-state index in [1.54, 1.807) is 0 Å². The van der Waals surface area contributed by atoms with E-state index in [4.69, 9.17) is 11.2 Å². The summed E-state index contributed by atoms with van der Waals surface area (Å²) >= 11 is 0. The third-order valence-electron chi connectivity index (χ3n) is 3.24. The maximum Gasteiger partial charge on any atom is 0.148 e. The molecule has 0 aliphatic heterocycles. The van der Waals surface area contributed by atoms with Gasteiger partial charge in [0.25, 0.3) is 0 Å². The van der Waals surface area contributed by atoms with Crippen molar-refractivity contribution in [1.29, 1.82) is 0 Å². The largest absolute Gasteiger partial charge is 0.481 e. The Labute approximate surface area is 126 Å². The molecule has 0 aliphatic carbocycles. The molecule has 1 N–H and O–H groups in total. The lowest BCUT2D eigenvalue weighted by atomic mass is 10.2. The lowest BCUT2D eigenvalue weighted by Crippen LogP contribution is -2.14. The fourth-order valence-corrected chi connectivity index (χ4v) is 2.27. The van der Waals surface area contributed by atoms with Crippen LogP contribution in [0.25, 0.3) is 0 Å². The first kappa shape index (κ1) is 15.1. The van der Waals surface area contributed by atoms with Gasteiger partial charge in [0.05, 0.1) is 5.69 Å². The number of rotatable bonds is 7. The molecule has 2 aromatic rings. The Bertz CT molecular complexity index is 625. The van der Waals surface area contributed by atoms with Crippen molar-refractivity contribution in [3.8, 4) is 18.1 Å². The predicted molar refractivity (Wildman–Crippen MR) is 83.9 cm³/mol. The van der Waals surface area contributed by atoms with E-state index in [1.165, 1.54) is 5.56 Å². The van der Waals surface area contributed by atoms with Crippen LogP contribution in [-0.4, -0.2) is 16.4 Å². The lowest BCUT2D eigenvalue weighted by molar-refractivity contribution is 0.364. The Hall–Kier alpha value is -2.25. The Morgan fingerprint density at radius 1 is 1.29 bits per heavy atom. The Morgan fingerprint density at radius 3 is 2.81 bits per heavy atom. The van der Waals surface area contributed by atoms with Crippen LogP contribution in [0.3, 0.4) is 0 Å². The molecule has 0 saturated heterocycles. The molecule has 21 heavy (non-hydrogen) atoms. The smallest absolute Gasteiger partial charge is 0.148 e. The second-order valence-corrected chi connectivity index (χ2v) is 4.83. The highest BCUT2D eigenvalue weighted by atomic mass is 16.5. The Morgan fingerprint density at radius 2 is 2.05 bits per heavy atom. The molecule has 4 nitrogen and oxygen atoms in total. The summed E-state index contributed by atoms with van der Waals surface area (Å²) < 4.78 is 7.41. The van der Waals surface area contributed by atoms with E-state index < -0.39 is 0 Å². The van der Waals surface area contributed by atoms with Crippen molar-refractivity contribution in [3.05, 3.63) is 47.3 Å². The zero-order valence-electron chi connectivity index (χ0n) is 12.6. The van der Waals surface area contributed by atoms with Crippen LogP contribution in [0, 0.1) is 12.3 Å². The van der Waals surface area contributed by atoms with E-state index in [0.717, 1.165) is 36.5 Å². The molecule has 2 rings (SSSR count). The van der Waals surface area contributed by atoms with Crippen molar-refractivity contribution >= 4 is 0 Å². The van der Waals surface area contributed by atoms with Crippen LogP contribution in [0.2, 0.25) is 0 Å². The Balaban J connectivity index is 1.95. The van der Waals surface area contributed by atoms with Crippen molar-refractivity contribution in [2.24, 2.45) is 7.05 Å². The molecule has 0 atom stereocenters. The second kappa shape index (κ2) is 7.51.